The van der Waals surface area contributed by atoms with Crippen LogP contribution in [0.15, 0.2) is 67.0 Å². The normalized spacial score (nSPS) is 12.6. The minimum Gasteiger partial charge on any atom is -0.324 e. The number of aromatic nitrogens is 2. The number of hydrogen-bond acceptors (Lipinski definition) is 2. The molecule has 0 bridgehead atoms. The van der Waals surface area contributed by atoms with Crippen LogP contribution in [0.25, 0.3) is 0 Å². The zero-order valence-electron chi connectivity index (χ0n) is 13.2. The highest BCUT2D eigenvalue weighted by atomic mass is 35.5. The first-order valence-electron chi connectivity index (χ1n) is 7.58. The molecule has 0 radical (unpaired) electrons. The maximum absolute atomic E-state index is 13.0. The summed E-state index contributed by atoms with van der Waals surface area (Å²) in [5, 5.41) is 6.16. The molecule has 26 heavy (non-hydrogen) atoms. The number of halogens is 4. The van der Waals surface area contributed by atoms with Gasteiger partial charge in [0, 0.05) is 18.1 Å². The Morgan fingerprint density at radius 2 is 1.85 bits per heavy atom. The van der Waals surface area contributed by atoms with Crippen molar-refractivity contribution in [3.8, 4) is 0 Å². The molecule has 1 amide bonds. The fraction of sp³-hybridized carbons (Fsp3) is 0.111. The van der Waals surface area contributed by atoms with Gasteiger partial charge in [-0.1, -0.05) is 41.9 Å². The monoisotopic (exact) mass is 379 g/mol. The van der Waals surface area contributed by atoms with Crippen molar-refractivity contribution in [2.75, 3.05) is 5.32 Å². The molecular weight excluding hydrogens is 367 g/mol. The molecule has 134 valence electrons. The lowest BCUT2D eigenvalue weighted by atomic mass is 10.1. The van der Waals surface area contributed by atoms with Crippen LogP contribution in [0.2, 0.25) is 5.02 Å². The molecule has 0 spiro atoms. The standard InChI is InChI=1S/C18H13ClF3N3O/c19-15-8-7-13(11-14(15)18(20,21)22)24-17(26)16(25-10-4-9-23-25)12-5-2-1-3-6-12/h1-11,16H,(H,24,26). The first kappa shape index (κ1) is 18.0. The van der Waals surface area contributed by atoms with Crippen molar-refractivity contribution in [1.29, 1.82) is 0 Å². The number of benzene rings is 2. The predicted molar refractivity (Wildman–Crippen MR) is 91.9 cm³/mol. The van der Waals surface area contributed by atoms with Crippen LogP contribution in [0.3, 0.4) is 0 Å². The third-order valence-electron chi connectivity index (χ3n) is 3.69. The van der Waals surface area contributed by atoms with Crippen LogP contribution in [0.1, 0.15) is 17.2 Å². The molecular formula is C18H13ClF3N3O. The third-order valence-corrected chi connectivity index (χ3v) is 4.02. The van der Waals surface area contributed by atoms with E-state index in [2.05, 4.69) is 10.4 Å². The van der Waals surface area contributed by atoms with Crippen molar-refractivity contribution < 1.29 is 18.0 Å². The van der Waals surface area contributed by atoms with E-state index in [0.717, 1.165) is 12.1 Å². The maximum Gasteiger partial charge on any atom is 0.417 e. The third kappa shape index (κ3) is 3.88. The summed E-state index contributed by atoms with van der Waals surface area (Å²) in [7, 11) is 0. The number of anilines is 1. The summed E-state index contributed by atoms with van der Waals surface area (Å²) in [6.07, 6.45) is -1.48. The molecule has 0 saturated carbocycles. The number of amides is 1. The van der Waals surface area contributed by atoms with Gasteiger partial charge in [0.05, 0.1) is 10.6 Å². The van der Waals surface area contributed by atoms with Gasteiger partial charge in [-0.3, -0.25) is 9.48 Å². The fourth-order valence-electron chi connectivity index (χ4n) is 2.52. The minimum atomic E-state index is -4.61. The van der Waals surface area contributed by atoms with E-state index in [4.69, 9.17) is 11.6 Å². The van der Waals surface area contributed by atoms with E-state index in [1.807, 2.05) is 0 Å². The summed E-state index contributed by atoms with van der Waals surface area (Å²) in [6.45, 7) is 0. The zero-order chi connectivity index (χ0) is 18.7. The molecule has 1 N–H and O–H groups in total. The van der Waals surface area contributed by atoms with E-state index in [1.54, 1.807) is 42.6 Å². The van der Waals surface area contributed by atoms with Gasteiger partial charge in [0.1, 0.15) is 0 Å². The Morgan fingerprint density at radius 3 is 2.46 bits per heavy atom. The molecule has 0 fully saturated rings. The molecule has 4 nitrogen and oxygen atoms in total. The Kier molecular flexibility index (Phi) is 4.99. The van der Waals surface area contributed by atoms with Crippen molar-refractivity contribution in [3.63, 3.8) is 0 Å². The van der Waals surface area contributed by atoms with Gasteiger partial charge in [-0.05, 0) is 29.8 Å². The van der Waals surface area contributed by atoms with Crippen molar-refractivity contribution in [1.82, 2.24) is 9.78 Å². The highest BCUT2D eigenvalue weighted by Crippen LogP contribution is 2.36. The largest absolute Gasteiger partial charge is 0.417 e. The van der Waals surface area contributed by atoms with E-state index in [-0.39, 0.29) is 5.69 Å². The van der Waals surface area contributed by atoms with Gasteiger partial charge in [-0.25, -0.2) is 0 Å². The van der Waals surface area contributed by atoms with E-state index < -0.39 is 28.7 Å². The van der Waals surface area contributed by atoms with Crippen LogP contribution in [0.4, 0.5) is 18.9 Å². The van der Waals surface area contributed by atoms with Gasteiger partial charge in [-0.2, -0.15) is 18.3 Å². The van der Waals surface area contributed by atoms with Crippen LogP contribution in [-0.2, 0) is 11.0 Å². The molecule has 1 aromatic heterocycles. The summed E-state index contributed by atoms with van der Waals surface area (Å²) in [5.41, 5.74) is -0.356. The molecule has 1 unspecified atom stereocenters. The zero-order valence-corrected chi connectivity index (χ0v) is 14.0. The summed E-state index contributed by atoms with van der Waals surface area (Å²) in [5.74, 6) is -0.518. The second-order valence-corrected chi connectivity index (χ2v) is 5.89. The Labute approximate surface area is 152 Å². The number of nitrogens with zero attached hydrogens (tertiary/aromatic N) is 2. The molecule has 3 rings (SSSR count). The maximum atomic E-state index is 13.0. The lowest BCUT2D eigenvalue weighted by Crippen LogP contribution is -2.27. The fourth-order valence-corrected chi connectivity index (χ4v) is 2.75. The molecule has 1 heterocycles. The van der Waals surface area contributed by atoms with E-state index in [0.29, 0.717) is 5.56 Å². The van der Waals surface area contributed by atoms with Crippen LogP contribution >= 0.6 is 11.6 Å². The van der Waals surface area contributed by atoms with Crippen LogP contribution in [-0.4, -0.2) is 15.7 Å². The second kappa shape index (κ2) is 7.21. The summed E-state index contributed by atoms with van der Waals surface area (Å²) in [6, 6.07) is 12.9. The Hall–Kier alpha value is -2.80. The number of carbonyl (C=O) groups excluding carboxylic acids is 1. The SMILES string of the molecule is O=C(Nc1ccc(Cl)c(C(F)(F)F)c1)C(c1ccccc1)n1cccn1. The average Bonchev–Trinajstić information content (AvgIpc) is 3.11. The van der Waals surface area contributed by atoms with Gasteiger partial charge in [0.2, 0.25) is 0 Å². The van der Waals surface area contributed by atoms with Gasteiger partial charge >= 0.3 is 6.18 Å². The number of rotatable bonds is 4. The summed E-state index contributed by atoms with van der Waals surface area (Å²) in [4.78, 5) is 12.8. The molecule has 0 saturated heterocycles. The minimum absolute atomic E-state index is 0.000174. The molecule has 1 atom stereocenters. The molecule has 0 aliphatic carbocycles. The Bertz CT molecular complexity index is 896. The van der Waals surface area contributed by atoms with Crippen molar-refractivity contribution in [2.24, 2.45) is 0 Å². The van der Waals surface area contributed by atoms with Crippen molar-refractivity contribution >= 4 is 23.2 Å². The van der Waals surface area contributed by atoms with E-state index in [9.17, 15) is 18.0 Å². The molecule has 0 aliphatic rings. The quantitative estimate of drug-likeness (QED) is 0.709. The number of carbonyl (C=O) groups is 1. The highest BCUT2D eigenvalue weighted by molar-refractivity contribution is 6.31. The topological polar surface area (TPSA) is 46.9 Å². The van der Waals surface area contributed by atoms with E-state index in [1.165, 1.54) is 16.9 Å². The predicted octanol–water partition coefficient (Wildman–Crippen LogP) is 4.78. The number of hydrogen-bond donors (Lipinski definition) is 1. The number of nitrogens with one attached hydrogen (secondary N) is 1. The van der Waals surface area contributed by atoms with Crippen molar-refractivity contribution in [2.45, 2.75) is 12.2 Å². The molecule has 3 aromatic rings. The molecule has 8 heteroatoms. The smallest absolute Gasteiger partial charge is 0.324 e. The van der Waals surface area contributed by atoms with Gasteiger partial charge in [-0.15, -0.1) is 0 Å². The van der Waals surface area contributed by atoms with Crippen LogP contribution < -0.4 is 5.32 Å². The average molecular weight is 380 g/mol. The van der Waals surface area contributed by atoms with Gasteiger partial charge in [0.15, 0.2) is 6.04 Å². The van der Waals surface area contributed by atoms with Crippen LogP contribution in [0, 0.1) is 0 Å². The van der Waals surface area contributed by atoms with Gasteiger partial charge < -0.3 is 5.32 Å². The molecule has 2 aromatic carbocycles. The lowest BCUT2D eigenvalue weighted by Gasteiger charge is -2.18. The highest BCUT2D eigenvalue weighted by Gasteiger charge is 2.33. The van der Waals surface area contributed by atoms with E-state index >= 15 is 0 Å². The molecule has 0 aliphatic heterocycles. The first-order valence-corrected chi connectivity index (χ1v) is 7.96. The lowest BCUT2D eigenvalue weighted by molar-refractivity contribution is -0.137. The summed E-state index contributed by atoms with van der Waals surface area (Å²) < 4.78 is 40.4. The Balaban J connectivity index is 1.92. The second-order valence-electron chi connectivity index (χ2n) is 5.48. The van der Waals surface area contributed by atoms with Crippen LogP contribution in [0.5, 0.6) is 0 Å². The van der Waals surface area contributed by atoms with Gasteiger partial charge in [0.25, 0.3) is 5.91 Å². The first-order chi connectivity index (χ1) is 12.4. The summed E-state index contributed by atoms with van der Waals surface area (Å²) >= 11 is 5.61. The number of alkyl halides is 3. The van der Waals surface area contributed by atoms with Crippen molar-refractivity contribution in [3.05, 3.63) is 83.1 Å². The Morgan fingerprint density at radius 1 is 1.12 bits per heavy atom.